The van der Waals surface area contributed by atoms with Crippen LogP contribution >= 0.6 is 11.8 Å². The van der Waals surface area contributed by atoms with E-state index in [9.17, 15) is 4.79 Å². The van der Waals surface area contributed by atoms with Crippen LogP contribution in [0.25, 0.3) is 10.9 Å². The number of rotatable bonds is 7. The van der Waals surface area contributed by atoms with Crippen molar-refractivity contribution in [2.24, 2.45) is 0 Å². The Labute approximate surface area is 216 Å². The Morgan fingerprint density at radius 2 is 1.64 bits per heavy atom. The molecule has 2 aromatic carbocycles. The smallest absolute Gasteiger partial charge is 0.254 e. The summed E-state index contributed by atoms with van der Waals surface area (Å²) in [6.07, 6.45) is 5.56. The van der Waals surface area contributed by atoms with Crippen LogP contribution in [0.4, 0.5) is 11.5 Å². The summed E-state index contributed by atoms with van der Waals surface area (Å²) in [6.45, 7) is 0. The van der Waals surface area contributed by atoms with Crippen molar-refractivity contribution in [3.63, 3.8) is 0 Å². The Morgan fingerprint density at radius 1 is 0.917 bits per heavy atom. The third-order valence-corrected chi connectivity index (χ3v) is 7.59. The second-order valence-corrected chi connectivity index (χ2v) is 10.4. The molecule has 0 atom stereocenters. The summed E-state index contributed by atoms with van der Waals surface area (Å²) in [5.41, 5.74) is 2.78. The van der Waals surface area contributed by atoms with Crippen molar-refractivity contribution >= 4 is 40.1 Å². The molecule has 36 heavy (non-hydrogen) atoms. The fraction of sp³-hybridized carbons (Fsp3) is 0.276. The highest BCUT2D eigenvalue weighted by Gasteiger charge is 2.24. The standard InChI is InChI=1S/C29H31N5OS/c1-34(2)26-19-27(33-25-13-7-6-11-23(25)26)31-20-14-16-21(17-15-20)32-28(35)24-12-8-18-30-29(24)36-22-9-4-3-5-10-22/h3-13,18-21H,14-17H2,1-2H3,(H,31,33)(H,32,35)/t20-,21+. The van der Waals surface area contributed by atoms with E-state index in [4.69, 9.17) is 4.98 Å². The van der Waals surface area contributed by atoms with Gasteiger partial charge in [-0.15, -0.1) is 0 Å². The molecule has 1 aliphatic carbocycles. The van der Waals surface area contributed by atoms with E-state index in [0.717, 1.165) is 58.0 Å². The van der Waals surface area contributed by atoms with Crippen molar-refractivity contribution < 1.29 is 4.79 Å². The van der Waals surface area contributed by atoms with E-state index in [0.29, 0.717) is 11.6 Å². The number of nitrogens with one attached hydrogen (secondary N) is 2. The molecule has 5 rings (SSSR count). The van der Waals surface area contributed by atoms with E-state index in [-0.39, 0.29) is 11.9 Å². The Morgan fingerprint density at radius 3 is 2.42 bits per heavy atom. The number of hydrogen-bond donors (Lipinski definition) is 2. The predicted octanol–water partition coefficient (Wildman–Crippen LogP) is 6.00. The molecule has 6 nitrogen and oxygen atoms in total. The van der Waals surface area contributed by atoms with Gasteiger partial charge in [-0.05, 0) is 56.0 Å². The monoisotopic (exact) mass is 497 g/mol. The molecule has 0 saturated heterocycles. The van der Waals surface area contributed by atoms with Gasteiger partial charge < -0.3 is 15.5 Å². The number of para-hydroxylation sites is 1. The summed E-state index contributed by atoms with van der Waals surface area (Å²) in [7, 11) is 4.12. The fourth-order valence-corrected chi connectivity index (χ4v) is 5.60. The number of nitrogens with zero attached hydrogens (tertiary/aromatic N) is 3. The number of amides is 1. The first-order valence-electron chi connectivity index (χ1n) is 12.4. The first-order chi connectivity index (χ1) is 17.6. The average Bonchev–Trinajstić information content (AvgIpc) is 2.90. The van der Waals surface area contributed by atoms with Crippen LogP contribution in [0, 0.1) is 0 Å². The molecule has 1 saturated carbocycles. The summed E-state index contributed by atoms with van der Waals surface area (Å²) < 4.78 is 0. The lowest BCUT2D eigenvalue weighted by atomic mass is 9.91. The van der Waals surface area contributed by atoms with Gasteiger partial charge in [0.1, 0.15) is 10.8 Å². The van der Waals surface area contributed by atoms with Crippen molar-refractivity contribution in [1.29, 1.82) is 0 Å². The Kier molecular flexibility index (Phi) is 7.37. The fourth-order valence-electron chi connectivity index (χ4n) is 4.70. The van der Waals surface area contributed by atoms with Gasteiger partial charge in [-0.1, -0.05) is 48.2 Å². The SMILES string of the molecule is CN(C)c1cc(N[C@H]2CC[C@@H](NC(=O)c3cccnc3Sc3ccccc3)CC2)nc2ccccc12. The number of benzene rings is 2. The van der Waals surface area contributed by atoms with Gasteiger partial charge in [-0.2, -0.15) is 0 Å². The maximum absolute atomic E-state index is 13.1. The van der Waals surface area contributed by atoms with E-state index in [2.05, 4.69) is 58.9 Å². The first kappa shape index (κ1) is 24.1. The topological polar surface area (TPSA) is 70.2 Å². The average molecular weight is 498 g/mol. The third-order valence-electron chi connectivity index (χ3n) is 6.56. The molecule has 0 bridgehead atoms. The molecule has 1 amide bonds. The van der Waals surface area contributed by atoms with Crippen molar-refractivity contribution in [3.8, 4) is 0 Å². The van der Waals surface area contributed by atoms with Crippen LogP contribution < -0.4 is 15.5 Å². The second kappa shape index (κ2) is 11.0. The van der Waals surface area contributed by atoms with E-state index in [1.165, 1.54) is 11.8 Å². The summed E-state index contributed by atoms with van der Waals surface area (Å²) in [6, 6.07) is 24.6. The van der Waals surface area contributed by atoms with Gasteiger partial charge in [0, 0.05) is 54.4 Å². The predicted molar refractivity (Wildman–Crippen MR) is 148 cm³/mol. The number of pyridine rings is 2. The number of carbonyl (C=O) groups is 1. The van der Waals surface area contributed by atoms with Crippen LogP contribution in [0.3, 0.4) is 0 Å². The van der Waals surface area contributed by atoms with Crippen LogP contribution in [-0.4, -0.2) is 42.1 Å². The maximum Gasteiger partial charge on any atom is 0.254 e. The molecule has 7 heteroatoms. The maximum atomic E-state index is 13.1. The van der Waals surface area contributed by atoms with Crippen molar-refractivity contribution in [1.82, 2.24) is 15.3 Å². The number of hydrogen-bond acceptors (Lipinski definition) is 6. The van der Waals surface area contributed by atoms with Gasteiger partial charge >= 0.3 is 0 Å². The van der Waals surface area contributed by atoms with Gasteiger partial charge in [-0.3, -0.25) is 4.79 Å². The minimum absolute atomic E-state index is 0.0511. The van der Waals surface area contributed by atoms with Crippen LogP contribution in [0.5, 0.6) is 0 Å². The lowest BCUT2D eigenvalue weighted by molar-refractivity contribution is 0.0923. The Balaban J connectivity index is 1.20. The van der Waals surface area contributed by atoms with Crippen molar-refractivity contribution in [2.45, 2.75) is 47.7 Å². The van der Waals surface area contributed by atoms with Crippen LogP contribution in [-0.2, 0) is 0 Å². The summed E-state index contributed by atoms with van der Waals surface area (Å²) in [4.78, 5) is 25.6. The Bertz CT molecular complexity index is 1340. The van der Waals surface area contributed by atoms with E-state index < -0.39 is 0 Å². The van der Waals surface area contributed by atoms with Gasteiger partial charge in [0.25, 0.3) is 5.91 Å². The van der Waals surface area contributed by atoms with Gasteiger partial charge in [-0.25, -0.2) is 9.97 Å². The summed E-state index contributed by atoms with van der Waals surface area (Å²) in [5.74, 6) is 0.854. The minimum Gasteiger partial charge on any atom is -0.377 e. The molecule has 2 aromatic heterocycles. The molecule has 2 N–H and O–H groups in total. The van der Waals surface area contributed by atoms with Crippen LogP contribution in [0.1, 0.15) is 36.0 Å². The zero-order valence-corrected chi connectivity index (χ0v) is 21.5. The molecule has 0 radical (unpaired) electrons. The molecular weight excluding hydrogens is 466 g/mol. The van der Waals surface area contributed by atoms with E-state index >= 15 is 0 Å². The lowest BCUT2D eigenvalue weighted by Crippen LogP contribution is -2.40. The second-order valence-electron chi connectivity index (χ2n) is 9.38. The zero-order valence-electron chi connectivity index (χ0n) is 20.6. The van der Waals surface area contributed by atoms with Crippen molar-refractivity contribution in [3.05, 3.63) is 84.6 Å². The van der Waals surface area contributed by atoms with E-state index in [1.807, 2.05) is 48.5 Å². The van der Waals surface area contributed by atoms with E-state index in [1.54, 1.807) is 6.20 Å². The molecule has 0 unspecified atom stereocenters. The number of carbonyl (C=O) groups excluding carboxylic acids is 1. The molecule has 0 spiro atoms. The zero-order chi connectivity index (χ0) is 24.9. The number of anilines is 2. The largest absolute Gasteiger partial charge is 0.377 e. The molecule has 184 valence electrons. The minimum atomic E-state index is -0.0511. The molecular formula is C29H31N5OS. The van der Waals surface area contributed by atoms with Gasteiger partial charge in [0.2, 0.25) is 0 Å². The summed E-state index contributed by atoms with van der Waals surface area (Å²) >= 11 is 1.52. The lowest BCUT2D eigenvalue weighted by Gasteiger charge is -2.30. The van der Waals surface area contributed by atoms with Crippen molar-refractivity contribution in [2.75, 3.05) is 24.3 Å². The Hall–Kier alpha value is -3.58. The van der Waals surface area contributed by atoms with Gasteiger partial charge in [0.05, 0.1) is 11.1 Å². The van der Waals surface area contributed by atoms with Crippen LogP contribution in [0.15, 0.2) is 88.9 Å². The molecule has 1 fully saturated rings. The van der Waals surface area contributed by atoms with Gasteiger partial charge in [0.15, 0.2) is 0 Å². The number of fused-ring (bicyclic) bond motifs is 1. The molecule has 0 aliphatic heterocycles. The summed E-state index contributed by atoms with van der Waals surface area (Å²) in [5, 5.41) is 8.78. The normalized spacial score (nSPS) is 17.5. The first-order valence-corrected chi connectivity index (χ1v) is 13.2. The highest BCUT2D eigenvalue weighted by molar-refractivity contribution is 7.99. The highest BCUT2D eigenvalue weighted by atomic mass is 32.2. The molecule has 2 heterocycles. The molecule has 1 aliphatic rings. The number of aromatic nitrogens is 2. The highest BCUT2D eigenvalue weighted by Crippen LogP contribution is 2.30. The quantitative estimate of drug-likeness (QED) is 0.326. The third kappa shape index (κ3) is 5.62. The van der Waals surface area contributed by atoms with Crippen LogP contribution in [0.2, 0.25) is 0 Å². The molecule has 4 aromatic rings.